The zero-order valence-corrected chi connectivity index (χ0v) is 13.3. The first kappa shape index (κ1) is 15.8. The highest BCUT2D eigenvalue weighted by molar-refractivity contribution is 5.78. The van der Waals surface area contributed by atoms with E-state index in [9.17, 15) is 9.59 Å². The van der Waals surface area contributed by atoms with Gasteiger partial charge in [0, 0.05) is 25.4 Å². The van der Waals surface area contributed by atoms with Gasteiger partial charge < -0.3 is 9.64 Å². The molecule has 0 radical (unpaired) electrons. The van der Waals surface area contributed by atoms with Crippen LogP contribution in [0.3, 0.4) is 0 Å². The van der Waals surface area contributed by atoms with Gasteiger partial charge in [-0.05, 0) is 24.8 Å². The molecule has 3 rings (SSSR count). The van der Waals surface area contributed by atoms with Gasteiger partial charge in [-0.1, -0.05) is 42.5 Å². The molecule has 2 aliphatic rings. The van der Waals surface area contributed by atoms with E-state index in [1.165, 1.54) is 0 Å². The van der Waals surface area contributed by atoms with E-state index < -0.39 is 0 Å². The maximum atomic E-state index is 12.1. The minimum absolute atomic E-state index is 0.00229. The second kappa shape index (κ2) is 7.44. The molecule has 1 aliphatic carbocycles. The lowest BCUT2D eigenvalue weighted by molar-refractivity contribution is -0.150. The van der Waals surface area contributed by atoms with E-state index in [-0.39, 0.29) is 23.7 Å². The van der Waals surface area contributed by atoms with Gasteiger partial charge in [0.1, 0.15) is 0 Å². The number of carbonyl (C=O) groups excluding carboxylic acids is 2. The summed E-state index contributed by atoms with van der Waals surface area (Å²) in [6.07, 6.45) is 7.25. The molecule has 4 heteroatoms. The minimum Gasteiger partial charge on any atom is -0.465 e. The molecule has 122 valence electrons. The first-order chi connectivity index (χ1) is 11.2. The van der Waals surface area contributed by atoms with Crippen molar-refractivity contribution in [3.63, 3.8) is 0 Å². The van der Waals surface area contributed by atoms with Gasteiger partial charge in [0.05, 0.1) is 12.5 Å². The van der Waals surface area contributed by atoms with Crippen LogP contribution in [-0.2, 0) is 20.9 Å². The van der Waals surface area contributed by atoms with E-state index in [0.717, 1.165) is 24.8 Å². The molecule has 0 spiro atoms. The Morgan fingerprint density at radius 1 is 1.22 bits per heavy atom. The molecular formula is C19H23NO3. The van der Waals surface area contributed by atoms with Crippen molar-refractivity contribution in [1.82, 2.24) is 4.90 Å². The lowest BCUT2D eigenvalue weighted by atomic mass is 9.95. The van der Waals surface area contributed by atoms with Gasteiger partial charge in [-0.25, -0.2) is 0 Å². The number of allylic oxidation sites excluding steroid dienone is 2. The van der Waals surface area contributed by atoms with Crippen LogP contribution < -0.4 is 0 Å². The van der Waals surface area contributed by atoms with Crippen molar-refractivity contribution in [2.75, 3.05) is 13.2 Å². The average Bonchev–Trinajstić information content (AvgIpc) is 2.94. The highest BCUT2D eigenvalue weighted by atomic mass is 16.5. The number of esters is 1. The molecular weight excluding hydrogens is 290 g/mol. The molecule has 23 heavy (non-hydrogen) atoms. The van der Waals surface area contributed by atoms with Gasteiger partial charge in [0.25, 0.3) is 0 Å². The number of hydrogen-bond acceptors (Lipinski definition) is 3. The first-order valence-electron chi connectivity index (χ1n) is 8.35. The van der Waals surface area contributed by atoms with Crippen molar-refractivity contribution in [3.8, 4) is 0 Å². The van der Waals surface area contributed by atoms with E-state index in [0.29, 0.717) is 26.1 Å². The van der Waals surface area contributed by atoms with E-state index >= 15 is 0 Å². The fourth-order valence-corrected chi connectivity index (χ4v) is 3.25. The smallest absolute Gasteiger partial charge is 0.309 e. The number of ether oxygens (including phenoxy) is 1. The molecule has 0 N–H and O–H groups in total. The first-order valence-corrected chi connectivity index (χ1v) is 8.35. The van der Waals surface area contributed by atoms with E-state index in [4.69, 9.17) is 4.74 Å². The van der Waals surface area contributed by atoms with Crippen LogP contribution in [0.1, 0.15) is 31.2 Å². The maximum absolute atomic E-state index is 12.1. The summed E-state index contributed by atoms with van der Waals surface area (Å²) < 4.78 is 5.46. The Hall–Kier alpha value is -2.10. The number of amides is 1. The summed E-state index contributed by atoms with van der Waals surface area (Å²) in [6.45, 7) is 1.67. The summed E-state index contributed by atoms with van der Waals surface area (Å²) in [5.74, 6) is 0.158. The zero-order chi connectivity index (χ0) is 16.1. The molecule has 0 unspecified atom stereocenters. The van der Waals surface area contributed by atoms with Crippen LogP contribution in [-0.4, -0.2) is 29.9 Å². The van der Waals surface area contributed by atoms with Crippen molar-refractivity contribution in [1.29, 1.82) is 0 Å². The second-order valence-corrected chi connectivity index (χ2v) is 6.44. The second-order valence-electron chi connectivity index (χ2n) is 6.44. The van der Waals surface area contributed by atoms with Crippen LogP contribution in [0.5, 0.6) is 0 Å². The maximum Gasteiger partial charge on any atom is 0.309 e. The number of rotatable bonds is 5. The van der Waals surface area contributed by atoms with Gasteiger partial charge >= 0.3 is 5.97 Å². The van der Waals surface area contributed by atoms with Crippen LogP contribution in [0.25, 0.3) is 0 Å². The fraction of sp³-hybridized carbons (Fsp3) is 0.474. The van der Waals surface area contributed by atoms with Gasteiger partial charge in [0.2, 0.25) is 5.91 Å². The molecule has 0 saturated carbocycles. The van der Waals surface area contributed by atoms with E-state index in [1.54, 1.807) is 0 Å². The lowest BCUT2D eigenvalue weighted by Crippen LogP contribution is -2.26. The number of nitrogens with zero attached hydrogens (tertiary/aromatic N) is 1. The third-order valence-corrected chi connectivity index (χ3v) is 4.57. The Morgan fingerprint density at radius 3 is 2.78 bits per heavy atom. The van der Waals surface area contributed by atoms with E-state index in [2.05, 4.69) is 12.2 Å². The van der Waals surface area contributed by atoms with Crippen molar-refractivity contribution in [2.24, 2.45) is 11.8 Å². The summed E-state index contributed by atoms with van der Waals surface area (Å²) in [5, 5.41) is 0. The molecule has 4 nitrogen and oxygen atoms in total. The molecule has 2 atom stereocenters. The Labute approximate surface area is 137 Å². The fourth-order valence-electron chi connectivity index (χ4n) is 3.25. The molecule has 1 fully saturated rings. The number of hydrogen-bond donors (Lipinski definition) is 0. The van der Waals surface area contributed by atoms with E-state index in [1.807, 2.05) is 35.2 Å². The predicted octanol–water partition coefficient (Wildman–Crippen LogP) is 2.93. The minimum atomic E-state index is -0.108. The third-order valence-electron chi connectivity index (χ3n) is 4.57. The van der Waals surface area contributed by atoms with Crippen molar-refractivity contribution >= 4 is 11.9 Å². The molecule has 1 aliphatic heterocycles. The molecule has 1 saturated heterocycles. The highest BCUT2D eigenvalue weighted by Gasteiger charge is 2.31. The molecule has 0 bridgehead atoms. The SMILES string of the molecule is O=C(OC[C@@H]1CC(=O)N(Cc2ccccc2)C1)[C@@H]1CC=CCC1. The molecule has 1 amide bonds. The number of likely N-dealkylation sites (tertiary alicyclic amines) is 1. The Kier molecular flexibility index (Phi) is 5.11. The van der Waals surface area contributed by atoms with Crippen LogP contribution in [0.2, 0.25) is 0 Å². The van der Waals surface area contributed by atoms with Gasteiger partial charge in [0.15, 0.2) is 0 Å². The number of carbonyl (C=O) groups is 2. The summed E-state index contributed by atoms with van der Waals surface area (Å²) in [7, 11) is 0. The summed E-state index contributed by atoms with van der Waals surface area (Å²) >= 11 is 0. The van der Waals surface area contributed by atoms with Gasteiger partial charge in [-0.15, -0.1) is 0 Å². The number of benzene rings is 1. The van der Waals surface area contributed by atoms with Crippen molar-refractivity contribution in [2.45, 2.75) is 32.2 Å². The van der Waals surface area contributed by atoms with Crippen LogP contribution in [0, 0.1) is 11.8 Å². The standard InChI is InChI=1S/C19H23NO3/c21-18-11-16(13-20(18)12-15-7-3-1-4-8-15)14-23-19(22)17-9-5-2-6-10-17/h1-5,7-8,16-17H,6,9-14H2/t16-,17-/m1/s1. The highest BCUT2D eigenvalue weighted by Crippen LogP contribution is 2.23. The van der Waals surface area contributed by atoms with Crippen molar-refractivity contribution in [3.05, 3.63) is 48.0 Å². The predicted molar refractivity (Wildman–Crippen MR) is 87.4 cm³/mol. The Bertz CT molecular complexity index is 582. The largest absolute Gasteiger partial charge is 0.465 e. The summed E-state index contributed by atoms with van der Waals surface area (Å²) in [6, 6.07) is 9.98. The summed E-state index contributed by atoms with van der Waals surface area (Å²) in [4.78, 5) is 26.0. The average molecular weight is 313 g/mol. The molecule has 1 heterocycles. The normalized spacial score (nSPS) is 24.0. The Balaban J connectivity index is 1.46. The van der Waals surface area contributed by atoms with Crippen molar-refractivity contribution < 1.29 is 14.3 Å². The third kappa shape index (κ3) is 4.21. The van der Waals surface area contributed by atoms with Crippen LogP contribution in [0.15, 0.2) is 42.5 Å². The quantitative estimate of drug-likeness (QED) is 0.620. The van der Waals surface area contributed by atoms with Gasteiger partial charge in [-0.2, -0.15) is 0 Å². The van der Waals surface area contributed by atoms with Crippen LogP contribution in [0.4, 0.5) is 0 Å². The monoisotopic (exact) mass is 313 g/mol. The molecule has 1 aromatic carbocycles. The topological polar surface area (TPSA) is 46.6 Å². The summed E-state index contributed by atoms with van der Waals surface area (Å²) in [5.41, 5.74) is 1.13. The Morgan fingerprint density at radius 2 is 2.04 bits per heavy atom. The van der Waals surface area contributed by atoms with Crippen LogP contribution >= 0.6 is 0 Å². The molecule has 1 aromatic rings. The molecule has 0 aromatic heterocycles. The van der Waals surface area contributed by atoms with Gasteiger partial charge in [-0.3, -0.25) is 9.59 Å². The zero-order valence-electron chi connectivity index (χ0n) is 13.3. The lowest BCUT2D eigenvalue weighted by Gasteiger charge is -2.19.